The van der Waals surface area contributed by atoms with Crippen LogP contribution in [0.4, 0.5) is 0 Å². The lowest BCUT2D eigenvalue weighted by Crippen LogP contribution is -2.44. The molecule has 1 aromatic carbocycles. The number of hydrogen-bond donors (Lipinski definition) is 1. The van der Waals surface area contributed by atoms with E-state index >= 15 is 0 Å². The van der Waals surface area contributed by atoms with Crippen LogP contribution in [0.3, 0.4) is 0 Å². The van der Waals surface area contributed by atoms with Gasteiger partial charge in [-0.3, -0.25) is 4.79 Å². The number of benzene rings is 1. The molecule has 2 N–H and O–H groups in total. The third-order valence-corrected chi connectivity index (χ3v) is 3.81. The summed E-state index contributed by atoms with van der Waals surface area (Å²) in [4.78, 5) is 14.5. The van der Waals surface area contributed by atoms with Gasteiger partial charge in [-0.2, -0.15) is 0 Å². The van der Waals surface area contributed by atoms with E-state index in [9.17, 15) is 4.79 Å². The number of carbonyl (C=O) groups is 1. The standard InChI is InChI=1S/C17H24N2O/c1-6-17(3,4)19(5)16(20)15-10-9-13(2)12-14(15)8-7-11-18/h9-10,12H,6,11,18H2,1-5H3. The lowest BCUT2D eigenvalue weighted by Gasteiger charge is -2.35. The van der Waals surface area contributed by atoms with E-state index in [1.165, 1.54) is 0 Å². The van der Waals surface area contributed by atoms with Crippen molar-refractivity contribution in [1.29, 1.82) is 0 Å². The lowest BCUT2D eigenvalue weighted by atomic mass is 9.97. The topological polar surface area (TPSA) is 46.3 Å². The van der Waals surface area contributed by atoms with Crippen molar-refractivity contribution in [2.75, 3.05) is 13.6 Å². The van der Waals surface area contributed by atoms with Crippen LogP contribution in [0.2, 0.25) is 0 Å². The van der Waals surface area contributed by atoms with Gasteiger partial charge in [-0.1, -0.05) is 24.8 Å². The first-order chi connectivity index (χ1) is 9.33. The molecule has 0 aromatic heterocycles. The third-order valence-electron chi connectivity index (χ3n) is 3.81. The van der Waals surface area contributed by atoms with Crippen LogP contribution in [0, 0.1) is 18.8 Å². The molecule has 0 atom stereocenters. The fraction of sp³-hybridized carbons (Fsp3) is 0.471. The van der Waals surface area contributed by atoms with Crippen molar-refractivity contribution >= 4 is 5.91 Å². The van der Waals surface area contributed by atoms with E-state index in [1.807, 2.05) is 32.2 Å². The van der Waals surface area contributed by atoms with Crippen LogP contribution in [0.15, 0.2) is 18.2 Å². The van der Waals surface area contributed by atoms with Crippen molar-refractivity contribution in [1.82, 2.24) is 4.90 Å². The molecule has 3 heteroatoms. The summed E-state index contributed by atoms with van der Waals surface area (Å²) in [5.74, 6) is 5.82. The van der Waals surface area contributed by atoms with E-state index in [0.29, 0.717) is 5.56 Å². The predicted molar refractivity (Wildman–Crippen MR) is 83.6 cm³/mol. The van der Waals surface area contributed by atoms with Crippen LogP contribution in [-0.4, -0.2) is 29.9 Å². The van der Waals surface area contributed by atoms with Crippen molar-refractivity contribution in [2.45, 2.75) is 39.7 Å². The normalized spacial score (nSPS) is 10.7. The Bertz CT molecular complexity index is 550. The van der Waals surface area contributed by atoms with Crippen LogP contribution in [0.5, 0.6) is 0 Å². The molecule has 108 valence electrons. The molecule has 3 nitrogen and oxygen atoms in total. The van der Waals surface area contributed by atoms with E-state index in [2.05, 4.69) is 32.6 Å². The predicted octanol–water partition coefficient (Wildman–Crippen LogP) is 2.57. The largest absolute Gasteiger partial charge is 0.337 e. The highest BCUT2D eigenvalue weighted by atomic mass is 16.2. The minimum atomic E-state index is -0.180. The molecule has 0 aliphatic rings. The number of rotatable bonds is 3. The van der Waals surface area contributed by atoms with E-state index in [1.54, 1.807) is 4.90 Å². The van der Waals surface area contributed by atoms with Gasteiger partial charge in [0.1, 0.15) is 0 Å². The zero-order valence-electron chi connectivity index (χ0n) is 13.1. The summed E-state index contributed by atoms with van der Waals surface area (Å²) in [6.45, 7) is 8.47. The Kier molecular flexibility index (Phi) is 5.35. The lowest BCUT2D eigenvalue weighted by molar-refractivity contribution is 0.0620. The average molecular weight is 272 g/mol. The second kappa shape index (κ2) is 6.58. The first-order valence-electron chi connectivity index (χ1n) is 6.91. The first kappa shape index (κ1) is 16.3. The summed E-state index contributed by atoms with van der Waals surface area (Å²) >= 11 is 0. The molecule has 0 saturated heterocycles. The SMILES string of the molecule is CCC(C)(C)N(C)C(=O)c1ccc(C)cc1C#CCN. The maximum absolute atomic E-state index is 12.7. The molecule has 20 heavy (non-hydrogen) atoms. The number of hydrogen-bond acceptors (Lipinski definition) is 2. The van der Waals surface area contributed by atoms with Gasteiger partial charge in [-0.25, -0.2) is 0 Å². The van der Waals surface area contributed by atoms with Gasteiger partial charge in [0.05, 0.1) is 12.1 Å². The van der Waals surface area contributed by atoms with Crippen LogP contribution in [0.1, 0.15) is 48.7 Å². The van der Waals surface area contributed by atoms with Gasteiger partial charge in [0, 0.05) is 18.2 Å². The molecule has 0 heterocycles. The van der Waals surface area contributed by atoms with Crippen molar-refractivity contribution in [3.63, 3.8) is 0 Å². The quantitative estimate of drug-likeness (QED) is 0.860. The van der Waals surface area contributed by atoms with Gasteiger partial charge < -0.3 is 10.6 Å². The van der Waals surface area contributed by atoms with Gasteiger partial charge in [0.25, 0.3) is 5.91 Å². The van der Waals surface area contributed by atoms with Crippen LogP contribution in [0.25, 0.3) is 0 Å². The van der Waals surface area contributed by atoms with Crippen molar-refractivity contribution in [3.05, 3.63) is 34.9 Å². The van der Waals surface area contributed by atoms with Crippen LogP contribution in [-0.2, 0) is 0 Å². The summed E-state index contributed by atoms with van der Waals surface area (Å²) in [5.41, 5.74) is 7.71. The number of nitrogens with zero attached hydrogens (tertiary/aromatic N) is 1. The maximum atomic E-state index is 12.7. The summed E-state index contributed by atoms with van der Waals surface area (Å²) in [5, 5.41) is 0. The number of amides is 1. The van der Waals surface area contributed by atoms with Crippen molar-refractivity contribution < 1.29 is 4.79 Å². The Balaban J connectivity index is 3.22. The second-order valence-corrected chi connectivity index (χ2v) is 5.59. The molecule has 0 aliphatic carbocycles. The number of carbonyl (C=O) groups excluding carboxylic acids is 1. The molecule has 0 fully saturated rings. The summed E-state index contributed by atoms with van der Waals surface area (Å²) < 4.78 is 0. The highest BCUT2D eigenvalue weighted by Crippen LogP contribution is 2.21. The Morgan fingerprint density at radius 2 is 2.05 bits per heavy atom. The summed E-state index contributed by atoms with van der Waals surface area (Å²) in [6, 6.07) is 5.72. The first-order valence-corrected chi connectivity index (χ1v) is 6.91. The molecule has 0 spiro atoms. The molecule has 0 aliphatic heterocycles. The second-order valence-electron chi connectivity index (χ2n) is 5.59. The zero-order chi connectivity index (χ0) is 15.3. The average Bonchev–Trinajstić information content (AvgIpc) is 2.43. The van der Waals surface area contributed by atoms with Gasteiger partial charge in [-0.05, 0) is 44.9 Å². The molecular formula is C17H24N2O. The van der Waals surface area contributed by atoms with E-state index in [0.717, 1.165) is 17.5 Å². The molecule has 0 unspecified atom stereocenters. The summed E-state index contributed by atoms with van der Waals surface area (Å²) in [6.07, 6.45) is 0.894. The van der Waals surface area contributed by atoms with Crippen LogP contribution >= 0.6 is 0 Å². The van der Waals surface area contributed by atoms with E-state index < -0.39 is 0 Å². The number of nitrogens with two attached hydrogens (primary N) is 1. The minimum absolute atomic E-state index is 0.00169. The van der Waals surface area contributed by atoms with Gasteiger partial charge in [0.15, 0.2) is 0 Å². The number of aryl methyl sites for hydroxylation is 1. The molecule has 1 rings (SSSR count). The zero-order valence-corrected chi connectivity index (χ0v) is 13.1. The Morgan fingerprint density at radius 1 is 1.40 bits per heavy atom. The minimum Gasteiger partial charge on any atom is -0.337 e. The maximum Gasteiger partial charge on any atom is 0.255 e. The Hall–Kier alpha value is -1.79. The summed E-state index contributed by atoms with van der Waals surface area (Å²) in [7, 11) is 1.84. The highest BCUT2D eigenvalue weighted by Gasteiger charge is 2.27. The van der Waals surface area contributed by atoms with E-state index in [4.69, 9.17) is 5.73 Å². The molecular weight excluding hydrogens is 248 g/mol. The fourth-order valence-electron chi connectivity index (χ4n) is 1.79. The van der Waals surface area contributed by atoms with Gasteiger partial charge in [0.2, 0.25) is 0 Å². The van der Waals surface area contributed by atoms with Gasteiger partial charge >= 0.3 is 0 Å². The van der Waals surface area contributed by atoms with E-state index in [-0.39, 0.29) is 18.0 Å². The third kappa shape index (κ3) is 3.61. The fourth-order valence-corrected chi connectivity index (χ4v) is 1.79. The van der Waals surface area contributed by atoms with Crippen LogP contribution < -0.4 is 5.73 Å². The Morgan fingerprint density at radius 3 is 2.60 bits per heavy atom. The van der Waals surface area contributed by atoms with Gasteiger partial charge in [-0.15, -0.1) is 0 Å². The van der Waals surface area contributed by atoms with Crippen molar-refractivity contribution in [2.24, 2.45) is 5.73 Å². The smallest absolute Gasteiger partial charge is 0.255 e. The molecule has 0 radical (unpaired) electrons. The molecule has 0 bridgehead atoms. The molecule has 1 aromatic rings. The molecule has 0 saturated carbocycles. The monoisotopic (exact) mass is 272 g/mol. The van der Waals surface area contributed by atoms with Crippen molar-refractivity contribution in [3.8, 4) is 11.8 Å². The highest BCUT2D eigenvalue weighted by molar-refractivity contribution is 5.97. The Labute approximate surface area is 122 Å². The molecule has 1 amide bonds.